The van der Waals surface area contributed by atoms with Crippen molar-refractivity contribution in [3.05, 3.63) is 118 Å². The predicted molar refractivity (Wildman–Crippen MR) is 146 cm³/mol. The first-order chi connectivity index (χ1) is 18.3. The summed E-state index contributed by atoms with van der Waals surface area (Å²) >= 11 is 0. The number of aromatic nitrogens is 1. The van der Waals surface area contributed by atoms with Crippen molar-refractivity contribution in [2.45, 2.75) is 24.3 Å². The van der Waals surface area contributed by atoms with Crippen molar-refractivity contribution in [2.75, 3.05) is 13.1 Å². The van der Waals surface area contributed by atoms with Crippen LogP contribution in [0.25, 0.3) is 10.9 Å². The number of carbonyl (C=O) groups excluding carboxylic acids is 1. The number of non-ortho nitro benzene ring substituents is 1. The van der Waals surface area contributed by atoms with E-state index in [1.54, 1.807) is 18.2 Å². The highest BCUT2D eigenvalue weighted by atomic mass is 32.2. The van der Waals surface area contributed by atoms with Crippen LogP contribution in [-0.2, 0) is 16.6 Å². The fourth-order valence-corrected chi connectivity index (χ4v) is 6.41. The van der Waals surface area contributed by atoms with E-state index >= 15 is 0 Å². The number of hydrogen-bond acceptors (Lipinski definition) is 6. The van der Waals surface area contributed by atoms with E-state index in [0.29, 0.717) is 5.39 Å². The van der Waals surface area contributed by atoms with Gasteiger partial charge in [-0.05, 0) is 67.8 Å². The maximum Gasteiger partial charge on any atom is 0.270 e. The summed E-state index contributed by atoms with van der Waals surface area (Å²) in [6, 6.07) is 23.4. The zero-order valence-electron chi connectivity index (χ0n) is 20.6. The largest absolute Gasteiger partial charge is 0.299 e. The van der Waals surface area contributed by atoms with Gasteiger partial charge in [-0.15, -0.1) is 0 Å². The molecule has 1 aliphatic rings. The topological polar surface area (TPSA) is 103 Å². The number of carbonyl (C=O) groups is 1. The predicted octanol–water partition coefficient (Wildman–Crippen LogP) is 5.44. The van der Waals surface area contributed by atoms with Crippen LogP contribution in [0.4, 0.5) is 5.69 Å². The maximum atomic E-state index is 13.6. The van der Waals surface area contributed by atoms with Crippen molar-refractivity contribution >= 4 is 32.4 Å². The smallest absolute Gasteiger partial charge is 0.270 e. The quantitative estimate of drug-likeness (QED) is 0.130. The molecule has 1 saturated heterocycles. The van der Waals surface area contributed by atoms with Crippen LogP contribution >= 0.6 is 0 Å². The van der Waals surface area contributed by atoms with Gasteiger partial charge in [0, 0.05) is 24.1 Å². The summed E-state index contributed by atoms with van der Waals surface area (Å²) < 4.78 is 28.2. The molecule has 0 spiro atoms. The summed E-state index contributed by atoms with van der Waals surface area (Å²) in [7, 11) is -4.13. The second-order valence-corrected chi connectivity index (χ2v) is 11.2. The molecule has 0 saturated carbocycles. The third-order valence-corrected chi connectivity index (χ3v) is 8.63. The Kier molecular flexibility index (Phi) is 7.22. The highest BCUT2D eigenvalue weighted by Crippen LogP contribution is 2.29. The van der Waals surface area contributed by atoms with Crippen molar-refractivity contribution < 1.29 is 18.1 Å². The lowest BCUT2D eigenvalue weighted by Gasteiger charge is -2.30. The first kappa shape index (κ1) is 25.6. The van der Waals surface area contributed by atoms with E-state index in [1.807, 2.05) is 24.3 Å². The van der Waals surface area contributed by atoms with Gasteiger partial charge in [-0.2, -0.15) is 0 Å². The second-order valence-electron chi connectivity index (χ2n) is 9.43. The molecule has 0 aliphatic carbocycles. The monoisotopic (exact) mass is 529 g/mol. The lowest BCUT2D eigenvalue weighted by molar-refractivity contribution is -0.384. The van der Waals surface area contributed by atoms with Crippen molar-refractivity contribution in [1.82, 2.24) is 8.87 Å². The van der Waals surface area contributed by atoms with Crippen LogP contribution in [0.2, 0.25) is 0 Å². The summed E-state index contributed by atoms with van der Waals surface area (Å²) in [5.74, 6) is -0.259. The Morgan fingerprint density at radius 3 is 2.26 bits per heavy atom. The molecule has 2 heterocycles. The number of allylic oxidation sites excluding steroid dienone is 2. The molecular formula is C29H27N3O5S. The van der Waals surface area contributed by atoms with Crippen molar-refractivity contribution in [3.8, 4) is 0 Å². The molecular weight excluding hydrogens is 502 g/mol. The molecule has 1 aromatic heterocycles. The summed E-state index contributed by atoms with van der Waals surface area (Å²) in [5, 5.41) is 11.6. The van der Waals surface area contributed by atoms with Crippen molar-refractivity contribution in [2.24, 2.45) is 5.92 Å². The molecule has 5 rings (SSSR count). The average molecular weight is 530 g/mol. The number of fused-ring (bicyclic) bond motifs is 1. The van der Waals surface area contributed by atoms with Crippen LogP contribution in [0.5, 0.6) is 0 Å². The van der Waals surface area contributed by atoms with E-state index < -0.39 is 20.7 Å². The number of nitro benzene ring substituents is 1. The summed E-state index contributed by atoms with van der Waals surface area (Å²) in [6.07, 6.45) is 5.10. The van der Waals surface area contributed by atoms with Gasteiger partial charge in [0.05, 0.1) is 15.3 Å². The van der Waals surface area contributed by atoms with Gasteiger partial charge in [0.15, 0.2) is 0 Å². The van der Waals surface area contributed by atoms with Gasteiger partial charge in [-0.1, -0.05) is 54.6 Å². The van der Waals surface area contributed by atoms with Crippen LogP contribution in [0.3, 0.4) is 0 Å². The Labute approximate surface area is 221 Å². The molecule has 3 aromatic carbocycles. The van der Waals surface area contributed by atoms with E-state index in [2.05, 4.69) is 17.0 Å². The van der Waals surface area contributed by atoms with Crippen LogP contribution in [0.1, 0.15) is 28.9 Å². The standard InChI is InChI=1S/C29H27N3O5S/c33-29(14-11-22-15-17-30(18-16-22)21-23-7-3-1-4-8-23)28-20-24-19-25(32(34)35)12-13-27(24)31(28)38(36,37)26-9-5-2-6-10-26/h1-14,19-20,22H,15-18,21H2. The van der Waals surface area contributed by atoms with Gasteiger partial charge in [0.1, 0.15) is 5.69 Å². The molecule has 4 aromatic rings. The Morgan fingerprint density at radius 1 is 0.947 bits per heavy atom. The molecule has 0 atom stereocenters. The minimum Gasteiger partial charge on any atom is -0.299 e. The highest BCUT2D eigenvalue weighted by molar-refractivity contribution is 7.90. The van der Waals surface area contributed by atoms with Gasteiger partial charge < -0.3 is 0 Å². The molecule has 0 radical (unpaired) electrons. The Balaban J connectivity index is 1.40. The van der Waals surface area contributed by atoms with Crippen molar-refractivity contribution in [1.29, 1.82) is 0 Å². The molecule has 0 N–H and O–H groups in total. The lowest BCUT2D eigenvalue weighted by Crippen LogP contribution is -2.32. The first-order valence-corrected chi connectivity index (χ1v) is 13.9. The zero-order chi connectivity index (χ0) is 26.7. The van der Waals surface area contributed by atoms with Gasteiger partial charge >= 0.3 is 0 Å². The normalized spacial score (nSPS) is 15.3. The number of nitrogens with zero attached hydrogens (tertiary/aromatic N) is 3. The minimum absolute atomic E-state index is 0.0275. The fourth-order valence-electron chi connectivity index (χ4n) is 4.87. The summed E-state index contributed by atoms with van der Waals surface area (Å²) in [5.41, 5.74) is 1.25. The summed E-state index contributed by atoms with van der Waals surface area (Å²) in [4.78, 5) is 26.5. The molecule has 38 heavy (non-hydrogen) atoms. The second kappa shape index (κ2) is 10.7. The Bertz CT molecular complexity index is 1600. The lowest BCUT2D eigenvalue weighted by atomic mass is 9.95. The molecule has 8 nitrogen and oxygen atoms in total. The van der Waals surface area contributed by atoms with Gasteiger partial charge in [-0.25, -0.2) is 12.4 Å². The molecule has 9 heteroatoms. The molecule has 0 bridgehead atoms. The number of likely N-dealkylation sites (tertiary alicyclic amines) is 1. The maximum absolute atomic E-state index is 13.6. The number of ketones is 1. The number of rotatable bonds is 8. The molecule has 0 unspecified atom stereocenters. The van der Waals surface area contributed by atoms with Gasteiger partial charge in [0.2, 0.25) is 5.78 Å². The molecule has 1 aliphatic heterocycles. The van der Waals surface area contributed by atoms with E-state index in [4.69, 9.17) is 0 Å². The minimum atomic E-state index is -4.13. The fraction of sp³-hybridized carbons (Fsp3) is 0.207. The van der Waals surface area contributed by atoms with Gasteiger partial charge in [-0.3, -0.25) is 19.8 Å². The Hall–Kier alpha value is -4.08. The van der Waals surface area contributed by atoms with Crippen molar-refractivity contribution in [3.63, 3.8) is 0 Å². The van der Waals surface area contributed by atoms with Crippen LogP contribution < -0.4 is 0 Å². The number of hydrogen-bond donors (Lipinski definition) is 0. The molecule has 1 fully saturated rings. The zero-order valence-corrected chi connectivity index (χ0v) is 21.5. The molecule has 0 amide bonds. The van der Waals surface area contributed by atoms with E-state index in [-0.39, 0.29) is 27.7 Å². The van der Waals surface area contributed by atoms with Crippen LogP contribution in [0, 0.1) is 16.0 Å². The van der Waals surface area contributed by atoms with Crippen LogP contribution in [-0.4, -0.2) is 41.1 Å². The Morgan fingerprint density at radius 2 is 1.61 bits per heavy atom. The third-order valence-electron chi connectivity index (χ3n) is 6.89. The highest BCUT2D eigenvalue weighted by Gasteiger charge is 2.27. The third kappa shape index (κ3) is 5.29. The van der Waals surface area contributed by atoms with Gasteiger partial charge in [0.25, 0.3) is 15.7 Å². The van der Waals surface area contributed by atoms with Crippen LogP contribution in [0.15, 0.2) is 102 Å². The van der Waals surface area contributed by atoms with E-state index in [0.717, 1.165) is 36.4 Å². The SMILES string of the molecule is O=C(C=CC1CCN(Cc2ccccc2)CC1)c1cc2cc([N+](=O)[O-])ccc2n1S(=O)(=O)c1ccccc1. The summed E-state index contributed by atoms with van der Waals surface area (Å²) in [6.45, 7) is 2.70. The molecule has 194 valence electrons. The number of benzene rings is 3. The average Bonchev–Trinajstić information content (AvgIpc) is 3.33. The first-order valence-electron chi connectivity index (χ1n) is 12.4. The number of nitro groups is 1. The van der Waals surface area contributed by atoms with E-state index in [1.165, 1.54) is 48.0 Å². The van der Waals surface area contributed by atoms with E-state index in [9.17, 15) is 23.3 Å². The number of piperidine rings is 1.